The first-order valence-electron chi connectivity index (χ1n) is 12.9. The molecule has 2 atom stereocenters. The molecule has 2 unspecified atom stereocenters. The van der Waals surface area contributed by atoms with E-state index in [9.17, 15) is 9.59 Å². The molecule has 0 radical (unpaired) electrons. The van der Waals surface area contributed by atoms with Crippen molar-refractivity contribution in [2.75, 3.05) is 52.4 Å². The first kappa shape index (κ1) is 25.5. The Kier molecular flexibility index (Phi) is 10.0. The smallest absolute Gasteiger partial charge is 0.317 e. The van der Waals surface area contributed by atoms with Gasteiger partial charge in [0.05, 0.1) is 0 Å². The van der Waals surface area contributed by atoms with Gasteiger partial charge in [-0.25, -0.2) is 4.79 Å². The molecular formula is C26H43N5O2. The molecule has 2 N–H and O–H groups in total. The van der Waals surface area contributed by atoms with Gasteiger partial charge >= 0.3 is 6.03 Å². The Hall–Kier alpha value is -2.12. The summed E-state index contributed by atoms with van der Waals surface area (Å²) in [6, 6.07) is 11.1. The summed E-state index contributed by atoms with van der Waals surface area (Å²) >= 11 is 0. The Morgan fingerprint density at radius 3 is 2.42 bits per heavy atom. The van der Waals surface area contributed by atoms with Crippen molar-refractivity contribution in [3.05, 3.63) is 35.9 Å². The molecule has 2 fully saturated rings. The molecule has 2 heterocycles. The maximum Gasteiger partial charge on any atom is 0.317 e. The molecule has 0 saturated carbocycles. The lowest BCUT2D eigenvalue weighted by Gasteiger charge is -2.32. The van der Waals surface area contributed by atoms with E-state index >= 15 is 0 Å². The lowest BCUT2D eigenvalue weighted by Crippen LogP contribution is -2.50. The van der Waals surface area contributed by atoms with Crippen LogP contribution in [-0.4, -0.2) is 85.0 Å². The van der Waals surface area contributed by atoms with Gasteiger partial charge in [0.1, 0.15) is 0 Å². The molecular weight excluding hydrogens is 414 g/mol. The average Bonchev–Trinajstić information content (AvgIpc) is 3.32. The first-order chi connectivity index (χ1) is 16.0. The zero-order valence-electron chi connectivity index (χ0n) is 20.8. The molecule has 7 nitrogen and oxygen atoms in total. The number of carbonyl (C=O) groups is 2. The summed E-state index contributed by atoms with van der Waals surface area (Å²) in [6.45, 7) is 13.6. The van der Waals surface area contributed by atoms with Crippen LogP contribution in [0.2, 0.25) is 0 Å². The molecule has 7 heteroatoms. The normalized spacial score (nSPS) is 20.7. The molecule has 2 saturated heterocycles. The summed E-state index contributed by atoms with van der Waals surface area (Å²) in [6.07, 6.45) is 3.46. The maximum absolute atomic E-state index is 12.8. The minimum Gasteiger partial charge on any atom is -0.356 e. The summed E-state index contributed by atoms with van der Waals surface area (Å²) in [4.78, 5) is 32.0. The van der Waals surface area contributed by atoms with E-state index in [4.69, 9.17) is 0 Å². The Bertz CT molecular complexity index is 731. The van der Waals surface area contributed by atoms with E-state index in [-0.39, 0.29) is 23.9 Å². The van der Waals surface area contributed by atoms with Crippen LogP contribution in [0.1, 0.15) is 58.1 Å². The summed E-state index contributed by atoms with van der Waals surface area (Å²) in [7, 11) is 0. The van der Waals surface area contributed by atoms with Gasteiger partial charge < -0.3 is 20.4 Å². The van der Waals surface area contributed by atoms with Crippen LogP contribution < -0.4 is 10.6 Å². The number of carbonyl (C=O) groups excluding carboxylic acids is 2. The number of rotatable bonds is 10. The van der Waals surface area contributed by atoms with Crippen LogP contribution in [0.4, 0.5) is 4.79 Å². The van der Waals surface area contributed by atoms with E-state index in [0.29, 0.717) is 19.1 Å². The number of nitrogens with one attached hydrogen (secondary N) is 2. The van der Waals surface area contributed by atoms with Crippen molar-refractivity contribution in [1.82, 2.24) is 25.3 Å². The van der Waals surface area contributed by atoms with Gasteiger partial charge in [0.2, 0.25) is 5.91 Å². The van der Waals surface area contributed by atoms with Gasteiger partial charge in [-0.05, 0) is 57.8 Å². The highest BCUT2D eigenvalue weighted by molar-refractivity contribution is 5.79. The highest BCUT2D eigenvalue weighted by Gasteiger charge is 2.31. The summed E-state index contributed by atoms with van der Waals surface area (Å²) < 4.78 is 0. The van der Waals surface area contributed by atoms with Crippen LogP contribution in [0, 0.1) is 5.92 Å². The summed E-state index contributed by atoms with van der Waals surface area (Å²) in [5, 5.41) is 6.33. The molecule has 184 valence electrons. The zero-order chi connectivity index (χ0) is 23.6. The minimum atomic E-state index is 0.0206. The molecule has 3 amide bonds. The van der Waals surface area contributed by atoms with Gasteiger partial charge in [0, 0.05) is 50.7 Å². The largest absolute Gasteiger partial charge is 0.356 e. The molecule has 0 spiro atoms. The van der Waals surface area contributed by atoms with Gasteiger partial charge in [-0.2, -0.15) is 0 Å². The van der Waals surface area contributed by atoms with E-state index in [1.165, 1.54) is 5.56 Å². The highest BCUT2D eigenvalue weighted by atomic mass is 16.2. The molecule has 3 rings (SSSR count). The Balaban J connectivity index is 1.34. The number of likely N-dealkylation sites (tertiary alicyclic amines) is 2. The lowest BCUT2D eigenvalue weighted by atomic mass is 9.96. The lowest BCUT2D eigenvalue weighted by molar-refractivity contribution is -0.126. The van der Waals surface area contributed by atoms with Gasteiger partial charge in [0.25, 0.3) is 0 Å². The van der Waals surface area contributed by atoms with Crippen LogP contribution in [0.25, 0.3) is 0 Å². The predicted octanol–water partition coefficient (Wildman–Crippen LogP) is 3.09. The molecule has 1 aromatic carbocycles. The second-order valence-corrected chi connectivity index (χ2v) is 9.45. The number of hydrogen-bond donors (Lipinski definition) is 2. The third-order valence-electron chi connectivity index (χ3n) is 7.37. The molecule has 0 aromatic heterocycles. The van der Waals surface area contributed by atoms with Crippen LogP contribution in [0.5, 0.6) is 0 Å². The quantitative estimate of drug-likeness (QED) is 0.530. The molecule has 2 aliphatic heterocycles. The van der Waals surface area contributed by atoms with Crippen molar-refractivity contribution in [3.63, 3.8) is 0 Å². The second-order valence-electron chi connectivity index (χ2n) is 9.45. The molecule has 0 bridgehead atoms. The zero-order valence-corrected chi connectivity index (χ0v) is 20.8. The summed E-state index contributed by atoms with van der Waals surface area (Å²) in [5.41, 5.74) is 1.32. The number of urea groups is 1. The SMILES string of the molecule is CCN(CC)CCCNC(=O)C1CCN(C(=O)NC2CCN(C(C)c3ccccc3)C2)CC1. The third-order valence-corrected chi connectivity index (χ3v) is 7.37. The number of benzene rings is 1. The van der Waals surface area contributed by atoms with E-state index in [1.54, 1.807) is 0 Å². The predicted molar refractivity (Wildman–Crippen MR) is 133 cm³/mol. The van der Waals surface area contributed by atoms with Crippen LogP contribution in [0.3, 0.4) is 0 Å². The second kappa shape index (κ2) is 12.9. The van der Waals surface area contributed by atoms with E-state index in [2.05, 4.69) is 65.5 Å². The van der Waals surface area contributed by atoms with Crippen molar-refractivity contribution >= 4 is 11.9 Å². The van der Waals surface area contributed by atoms with E-state index < -0.39 is 0 Å². The van der Waals surface area contributed by atoms with Crippen LogP contribution in [0.15, 0.2) is 30.3 Å². The topological polar surface area (TPSA) is 67.9 Å². The third kappa shape index (κ3) is 7.44. The molecule has 33 heavy (non-hydrogen) atoms. The Morgan fingerprint density at radius 1 is 1.06 bits per heavy atom. The fraction of sp³-hybridized carbons (Fsp3) is 0.692. The maximum atomic E-state index is 12.8. The molecule has 1 aromatic rings. The first-order valence-corrected chi connectivity index (χ1v) is 12.9. The Morgan fingerprint density at radius 2 is 1.76 bits per heavy atom. The number of piperidine rings is 1. The van der Waals surface area contributed by atoms with Crippen molar-refractivity contribution < 1.29 is 9.59 Å². The van der Waals surface area contributed by atoms with Gasteiger partial charge in [0.15, 0.2) is 0 Å². The minimum absolute atomic E-state index is 0.0206. The number of amides is 3. The average molecular weight is 458 g/mol. The van der Waals surface area contributed by atoms with Crippen molar-refractivity contribution in [2.24, 2.45) is 5.92 Å². The number of hydrogen-bond acceptors (Lipinski definition) is 4. The van der Waals surface area contributed by atoms with Crippen LogP contribution >= 0.6 is 0 Å². The van der Waals surface area contributed by atoms with E-state index in [0.717, 1.165) is 65.0 Å². The highest BCUT2D eigenvalue weighted by Crippen LogP contribution is 2.25. The summed E-state index contributed by atoms with van der Waals surface area (Å²) in [5.74, 6) is 0.173. The van der Waals surface area contributed by atoms with Gasteiger partial charge in [-0.3, -0.25) is 9.69 Å². The van der Waals surface area contributed by atoms with Crippen LogP contribution in [-0.2, 0) is 4.79 Å². The van der Waals surface area contributed by atoms with Crippen molar-refractivity contribution in [3.8, 4) is 0 Å². The van der Waals surface area contributed by atoms with Crippen molar-refractivity contribution in [2.45, 2.75) is 58.5 Å². The Labute approximate surface area is 199 Å². The fourth-order valence-corrected chi connectivity index (χ4v) is 5.01. The van der Waals surface area contributed by atoms with Gasteiger partial charge in [-0.15, -0.1) is 0 Å². The molecule has 2 aliphatic rings. The van der Waals surface area contributed by atoms with Crippen molar-refractivity contribution in [1.29, 1.82) is 0 Å². The molecule has 0 aliphatic carbocycles. The number of nitrogens with zero attached hydrogens (tertiary/aromatic N) is 3. The standard InChI is InChI=1S/C26H43N5O2/c1-4-29(5-2)16-9-15-27-25(32)23-12-17-30(18-13-23)26(33)28-24-14-19-31(20-24)21(3)22-10-7-6-8-11-22/h6-8,10-11,21,23-24H,4-5,9,12-20H2,1-3H3,(H,27,32)(H,28,33). The fourth-order valence-electron chi connectivity index (χ4n) is 5.01. The van der Waals surface area contributed by atoms with E-state index in [1.807, 2.05) is 11.0 Å². The monoisotopic (exact) mass is 457 g/mol. The van der Waals surface area contributed by atoms with Gasteiger partial charge in [-0.1, -0.05) is 44.2 Å².